The minimum atomic E-state index is -0.505. The Morgan fingerprint density at radius 1 is 1.89 bits per heavy atom. The summed E-state index contributed by atoms with van der Waals surface area (Å²) in [5.74, 6) is -0.0457. The third-order valence-corrected chi connectivity index (χ3v) is 1.55. The van der Waals surface area contributed by atoms with Crippen molar-refractivity contribution >= 4 is 28.4 Å². The highest BCUT2D eigenvalue weighted by atomic mass is 127. The summed E-state index contributed by atoms with van der Waals surface area (Å²) in [6.07, 6.45) is 1.29. The van der Waals surface area contributed by atoms with Crippen LogP contribution in [0.3, 0.4) is 0 Å². The van der Waals surface area contributed by atoms with E-state index >= 15 is 0 Å². The van der Waals surface area contributed by atoms with Crippen molar-refractivity contribution in [3.63, 3.8) is 0 Å². The van der Waals surface area contributed by atoms with Crippen molar-refractivity contribution in [2.75, 3.05) is 0 Å². The van der Waals surface area contributed by atoms with Gasteiger partial charge in [0.05, 0.1) is 0 Å². The Morgan fingerprint density at radius 3 is 2.78 bits per heavy atom. The van der Waals surface area contributed by atoms with Crippen molar-refractivity contribution < 1.29 is 4.92 Å². The minimum Gasteiger partial charge on any atom is -0.358 e. The van der Waals surface area contributed by atoms with Gasteiger partial charge in [-0.2, -0.15) is 0 Å². The van der Waals surface area contributed by atoms with Crippen molar-refractivity contribution in [3.8, 4) is 0 Å². The Kier molecular flexibility index (Phi) is 1.65. The molecule has 5 nitrogen and oxygen atoms in total. The first-order chi connectivity index (χ1) is 4.22. The predicted molar refractivity (Wildman–Crippen MR) is 38.0 cm³/mol. The first-order valence-corrected chi connectivity index (χ1v) is 3.13. The quantitative estimate of drug-likeness (QED) is 0.450. The van der Waals surface area contributed by atoms with Crippen molar-refractivity contribution in [1.29, 1.82) is 0 Å². The Hall–Kier alpha value is -0.660. The molecule has 1 heterocycles. The molecule has 0 aliphatic heterocycles. The van der Waals surface area contributed by atoms with Gasteiger partial charge in [-0.3, -0.25) is 0 Å². The number of halogens is 1. The van der Waals surface area contributed by atoms with Gasteiger partial charge in [0.1, 0.15) is 0 Å². The van der Waals surface area contributed by atoms with Gasteiger partial charge in [-0.05, 0) is 27.5 Å². The molecule has 0 radical (unpaired) electrons. The van der Waals surface area contributed by atoms with Crippen LogP contribution in [0.15, 0.2) is 6.33 Å². The molecule has 1 N–H and O–H groups in total. The lowest BCUT2D eigenvalue weighted by Crippen LogP contribution is -1.89. The molecule has 1 aromatic heterocycles. The van der Waals surface area contributed by atoms with Crippen LogP contribution in [-0.4, -0.2) is 14.9 Å². The number of hydrogen-bond donors (Lipinski definition) is 1. The van der Waals surface area contributed by atoms with E-state index in [4.69, 9.17) is 0 Å². The van der Waals surface area contributed by atoms with E-state index in [0.29, 0.717) is 3.70 Å². The Morgan fingerprint density at radius 2 is 2.56 bits per heavy atom. The molecule has 0 atom stereocenters. The van der Waals surface area contributed by atoms with Crippen LogP contribution in [-0.2, 0) is 0 Å². The molecule has 9 heavy (non-hydrogen) atoms. The number of hydrogen-bond acceptors (Lipinski definition) is 3. The van der Waals surface area contributed by atoms with Gasteiger partial charge in [0.2, 0.25) is 0 Å². The zero-order valence-corrected chi connectivity index (χ0v) is 6.32. The maximum absolute atomic E-state index is 10.0. The van der Waals surface area contributed by atoms with Gasteiger partial charge in [0.15, 0.2) is 10.0 Å². The largest absolute Gasteiger partial charge is 0.358 e. The van der Waals surface area contributed by atoms with Crippen LogP contribution < -0.4 is 0 Å². The minimum absolute atomic E-state index is 0.0457. The third kappa shape index (κ3) is 1.18. The second kappa shape index (κ2) is 2.29. The van der Waals surface area contributed by atoms with Crippen LogP contribution in [0.2, 0.25) is 0 Å². The molecular weight excluding hydrogens is 237 g/mol. The zero-order valence-electron chi connectivity index (χ0n) is 4.17. The first kappa shape index (κ1) is 6.46. The Balaban J connectivity index is 3.08. The van der Waals surface area contributed by atoms with Crippen molar-refractivity contribution in [2.24, 2.45) is 0 Å². The van der Waals surface area contributed by atoms with E-state index in [0.717, 1.165) is 0 Å². The fourth-order valence-electron chi connectivity index (χ4n) is 0.399. The Bertz CT molecular complexity index is 233. The second-order valence-corrected chi connectivity index (χ2v) is 2.32. The lowest BCUT2D eigenvalue weighted by atomic mass is 10.8. The molecule has 0 aliphatic carbocycles. The number of nitrogens with one attached hydrogen (secondary N) is 1. The predicted octanol–water partition coefficient (Wildman–Crippen LogP) is 0.922. The van der Waals surface area contributed by atoms with E-state index in [2.05, 4.69) is 9.97 Å². The molecule has 0 saturated heterocycles. The molecule has 0 saturated carbocycles. The van der Waals surface area contributed by atoms with Crippen LogP contribution in [0.25, 0.3) is 0 Å². The molecule has 0 bridgehead atoms. The molecule has 0 unspecified atom stereocenters. The number of rotatable bonds is 1. The summed E-state index contributed by atoms with van der Waals surface area (Å²) in [6, 6.07) is 0. The number of H-pyrrole nitrogens is 1. The molecular formula is C3H2IN3O2. The van der Waals surface area contributed by atoms with Gasteiger partial charge in [-0.1, -0.05) is 0 Å². The second-order valence-electron chi connectivity index (χ2n) is 1.30. The van der Waals surface area contributed by atoms with Crippen molar-refractivity contribution in [1.82, 2.24) is 9.97 Å². The highest BCUT2D eigenvalue weighted by molar-refractivity contribution is 14.1. The lowest BCUT2D eigenvalue weighted by molar-refractivity contribution is -0.390. The first-order valence-electron chi connectivity index (χ1n) is 2.05. The van der Waals surface area contributed by atoms with E-state index in [1.165, 1.54) is 6.33 Å². The highest BCUT2D eigenvalue weighted by Crippen LogP contribution is 2.13. The molecule has 0 spiro atoms. The molecule has 0 aliphatic rings. The number of imidazole rings is 1. The van der Waals surface area contributed by atoms with Gasteiger partial charge in [-0.25, -0.2) is 9.97 Å². The summed E-state index contributed by atoms with van der Waals surface area (Å²) in [7, 11) is 0. The number of aromatic nitrogens is 2. The van der Waals surface area contributed by atoms with Gasteiger partial charge < -0.3 is 10.1 Å². The average molecular weight is 239 g/mol. The summed E-state index contributed by atoms with van der Waals surface area (Å²) in [4.78, 5) is 15.5. The van der Waals surface area contributed by atoms with Gasteiger partial charge >= 0.3 is 5.82 Å². The summed E-state index contributed by atoms with van der Waals surface area (Å²) in [5, 5.41) is 10.0. The van der Waals surface area contributed by atoms with Crippen molar-refractivity contribution in [3.05, 3.63) is 20.1 Å². The lowest BCUT2D eigenvalue weighted by Gasteiger charge is -1.86. The SMILES string of the molecule is O=[N+]([O-])c1[nH]cnc1I. The van der Waals surface area contributed by atoms with E-state index in [9.17, 15) is 10.1 Å². The van der Waals surface area contributed by atoms with E-state index < -0.39 is 4.92 Å². The van der Waals surface area contributed by atoms with Gasteiger partial charge in [0.25, 0.3) is 0 Å². The van der Waals surface area contributed by atoms with Crippen LogP contribution in [0.4, 0.5) is 5.82 Å². The maximum Gasteiger partial charge on any atom is 0.354 e. The standard InChI is InChI=1S/C3H2IN3O2/c4-2-3(7(8)9)6-1-5-2/h1H,(H,5,6). The molecule has 48 valence electrons. The molecule has 0 aromatic carbocycles. The molecule has 6 heteroatoms. The summed E-state index contributed by atoms with van der Waals surface area (Å²) in [5.41, 5.74) is 0. The summed E-state index contributed by atoms with van der Waals surface area (Å²) < 4.78 is 0.387. The van der Waals surface area contributed by atoms with Gasteiger partial charge in [0, 0.05) is 0 Å². The molecule has 0 amide bonds. The van der Waals surface area contributed by atoms with Crippen LogP contribution in [0, 0.1) is 13.8 Å². The highest BCUT2D eigenvalue weighted by Gasteiger charge is 2.10. The normalized spacial score (nSPS) is 9.44. The fraction of sp³-hybridized carbons (Fsp3) is 0. The molecule has 1 aromatic rings. The van der Waals surface area contributed by atoms with Gasteiger partial charge in [-0.15, -0.1) is 0 Å². The van der Waals surface area contributed by atoms with Crippen LogP contribution in [0.1, 0.15) is 0 Å². The van der Waals surface area contributed by atoms with E-state index in [1.807, 2.05) is 0 Å². The average Bonchev–Trinajstić information content (AvgIpc) is 2.13. The van der Waals surface area contributed by atoms with E-state index in [1.54, 1.807) is 22.6 Å². The number of aromatic amines is 1. The maximum atomic E-state index is 10.0. The van der Waals surface area contributed by atoms with Crippen molar-refractivity contribution in [2.45, 2.75) is 0 Å². The monoisotopic (exact) mass is 239 g/mol. The van der Waals surface area contributed by atoms with Crippen LogP contribution in [0.5, 0.6) is 0 Å². The molecule has 0 fully saturated rings. The topological polar surface area (TPSA) is 71.8 Å². The van der Waals surface area contributed by atoms with E-state index in [-0.39, 0.29) is 5.82 Å². The number of nitrogens with zero attached hydrogens (tertiary/aromatic N) is 2. The third-order valence-electron chi connectivity index (χ3n) is 0.757. The summed E-state index contributed by atoms with van der Waals surface area (Å²) >= 11 is 1.79. The Labute approximate surface area is 63.8 Å². The molecule has 1 rings (SSSR count). The fourth-order valence-corrected chi connectivity index (χ4v) is 0.891. The number of nitro groups is 1. The summed E-state index contributed by atoms with van der Waals surface area (Å²) in [6.45, 7) is 0. The van der Waals surface area contributed by atoms with Crippen LogP contribution >= 0.6 is 22.6 Å². The smallest absolute Gasteiger partial charge is 0.354 e. The zero-order chi connectivity index (χ0) is 6.85.